The summed E-state index contributed by atoms with van der Waals surface area (Å²) in [4.78, 5) is 0. The van der Waals surface area contributed by atoms with Gasteiger partial charge in [0.1, 0.15) is 0 Å². The molecule has 13 heavy (non-hydrogen) atoms. The zero-order valence-electron chi connectivity index (χ0n) is 9.68. The van der Waals surface area contributed by atoms with Crippen LogP contribution in [0.1, 0.15) is 65.7 Å². The molecular weight excluding hydrogens is 156 g/mol. The standard InChI is InChI=1S/C13H26/c1-4-7-11(6-3)13-10-9-12(13)8-5-2/h11-13H,4-10H2,1-3H3. The van der Waals surface area contributed by atoms with Gasteiger partial charge in [0.2, 0.25) is 0 Å². The Morgan fingerprint density at radius 3 is 2.23 bits per heavy atom. The van der Waals surface area contributed by atoms with Crippen LogP contribution in [-0.4, -0.2) is 0 Å². The Morgan fingerprint density at radius 1 is 1.08 bits per heavy atom. The molecule has 0 aromatic heterocycles. The molecule has 78 valence electrons. The zero-order chi connectivity index (χ0) is 9.68. The predicted molar refractivity (Wildman–Crippen MR) is 59.8 cm³/mol. The van der Waals surface area contributed by atoms with Crippen molar-refractivity contribution in [3.63, 3.8) is 0 Å². The summed E-state index contributed by atoms with van der Waals surface area (Å²) in [6, 6.07) is 0. The van der Waals surface area contributed by atoms with Crippen molar-refractivity contribution in [3.8, 4) is 0 Å². The topological polar surface area (TPSA) is 0 Å². The quantitative estimate of drug-likeness (QED) is 0.561. The minimum Gasteiger partial charge on any atom is -0.0654 e. The normalized spacial score (nSPS) is 29.8. The van der Waals surface area contributed by atoms with Crippen LogP contribution in [-0.2, 0) is 0 Å². The van der Waals surface area contributed by atoms with E-state index in [1.54, 1.807) is 0 Å². The molecule has 3 atom stereocenters. The molecule has 1 aliphatic carbocycles. The highest BCUT2D eigenvalue weighted by Gasteiger charge is 2.34. The minimum atomic E-state index is 1.05. The average molecular weight is 182 g/mol. The van der Waals surface area contributed by atoms with Crippen LogP contribution in [0.5, 0.6) is 0 Å². The fourth-order valence-electron chi connectivity index (χ4n) is 3.04. The summed E-state index contributed by atoms with van der Waals surface area (Å²) in [7, 11) is 0. The molecule has 0 nitrogen and oxygen atoms in total. The van der Waals surface area contributed by atoms with Crippen LogP contribution in [0, 0.1) is 17.8 Å². The van der Waals surface area contributed by atoms with Crippen LogP contribution in [0.15, 0.2) is 0 Å². The first-order valence-corrected chi connectivity index (χ1v) is 6.33. The van der Waals surface area contributed by atoms with Crippen LogP contribution in [0.3, 0.4) is 0 Å². The molecule has 0 radical (unpaired) electrons. The highest BCUT2D eigenvalue weighted by Crippen LogP contribution is 2.44. The molecule has 0 saturated heterocycles. The Labute approximate surface area is 84.1 Å². The summed E-state index contributed by atoms with van der Waals surface area (Å²) >= 11 is 0. The first-order chi connectivity index (χ1) is 6.33. The fourth-order valence-corrected chi connectivity index (χ4v) is 3.04. The molecule has 0 aliphatic heterocycles. The van der Waals surface area contributed by atoms with Crippen LogP contribution < -0.4 is 0 Å². The maximum absolute atomic E-state index is 2.38. The molecular formula is C13H26. The lowest BCUT2D eigenvalue weighted by Crippen LogP contribution is -2.32. The number of rotatable bonds is 6. The number of hydrogen-bond acceptors (Lipinski definition) is 0. The van der Waals surface area contributed by atoms with Gasteiger partial charge in [-0.2, -0.15) is 0 Å². The summed E-state index contributed by atoms with van der Waals surface area (Å²) in [6.07, 6.45) is 10.2. The third kappa shape index (κ3) is 2.72. The molecule has 3 unspecified atom stereocenters. The molecule has 1 fully saturated rings. The van der Waals surface area contributed by atoms with Crippen LogP contribution >= 0.6 is 0 Å². The first kappa shape index (κ1) is 11.1. The molecule has 1 aliphatic rings. The lowest BCUT2D eigenvalue weighted by atomic mass is 9.64. The van der Waals surface area contributed by atoms with Crippen LogP contribution in [0.25, 0.3) is 0 Å². The fraction of sp³-hybridized carbons (Fsp3) is 1.00. The van der Waals surface area contributed by atoms with Gasteiger partial charge in [0.15, 0.2) is 0 Å². The molecule has 0 bridgehead atoms. The summed E-state index contributed by atoms with van der Waals surface area (Å²) in [5, 5.41) is 0. The molecule has 0 amide bonds. The third-order valence-corrected chi connectivity index (χ3v) is 3.93. The summed E-state index contributed by atoms with van der Waals surface area (Å²) in [6.45, 7) is 7.04. The van der Waals surface area contributed by atoms with E-state index < -0.39 is 0 Å². The van der Waals surface area contributed by atoms with Crippen molar-refractivity contribution in [3.05, 3.63) is 0 Å². The highest BCUT2D eigenvalue weighted by molar-refractivity contribution is 4.84. The summed E-state index contributed by atoms with van der Waals surface area (Å²) in [5.74, 6) is 3.25. The van der Waals surface area contributed by atoms with E-state index >= 15 is 0 Å². The number of hydrogen-bond donors (Lipinski definition) is 0. The van der Waals surface area contributed by atoms with E-state index in [2.05, 4.69) is 20.8 Å². The minimum absolute atomic E-state index is 1.05. The van der Waals surface area contributed by atoms with Crippen molar-refractivity contribution in [2.45, 2.75) is 65.7 Å². The Hall–Kier alpha value is 0. The van der Waals surface area contributed by atoms with Gasteiger partial charge < -0.3 is 0 Å². The Morgan fingerprint density at radius 2 is 1.85 bits per heavy atom. The van der Waals surface area contributed by atoms with Crippen molar-refractivity contribution in [2.75, 3.05) is 0 Å². The van der Waals surface area contributed by atoms with Gasteiger partial charge >= 0.3 is 0 Å². The average Bonchev–Trinajstić information content (AvgIpc) is 2.11. The van der Waals surface area contributed by atoms with Gasteiger partial charge in [-0.15, -0.1) is 0 Å². The SMILES string of the molecule is CCCC(CC)C1CCC1CCC. The molecule has 0 aromatic carbocycles. The molecule has 1 rings (SSSR count). The lowest BCUT2D eigenvalue weighted by molar-refractivity contribution is 0.0865. The van der Waals surface area contributed by atoms with E-state index in [-0.39, 0.29) is 0 Å². The van der Waals surface area contributed by atoms with Crippen molar-refractivity contribution < 1.29 is 0 Å². The second-order valence-corrected chi connectivity index (χ2v) is 4.75. The van der Waals surface area contributed by atoms with Crippen LogP contribution in [0.2, 0.25) is 0 Å². The van der Waals surface area contributed by atoms with Gasteiger partial charge in [-0.3, -0.25) is 0 Å². The first-order valence-electron chi connectivity index (χ1n) is 6.33. The molecule has 0 heteroatoms. The Bertz CT molecular complexity index is 128. The molecule has 0 aromatic rings. The molecule has 0 N–H and O–H groups in total. The van der Waals surface area contributed by atoms with E-state index in [4.69, 9.17) is 0 Å². The van der Waals surface area contributed by atoms with Gasteiger partial charge in [0.25, 0.3) is 0 Å². The molecule has 0 spiro atoms. The zero-order valence-corrected chi connectivity index (χ0v) is 9.68. The van der Waals surface area contributed by atoms with Crippen molar-refractivity contribution >= 4 is 0 Å². The Balaban J connectivity index is 2.31. The Kier molecular flexibility index (Phi) is 4.83. The molecule has 0 heterocycles. The monoisotopic (exact) mass is 182 g/mol. The maximum atomic E-state index is 2.38. The smallest absolute Gasteiger partial charge is 0.0357 e. The van der Waals surface area contributed by atoms with Gasteiger partial charge in [-0.05, 0) is 30.6 Å². The van der Waals surface area contributed by atoms with E-state index in [1.165, 1.54) is 44.9 Å². The van der Waals surface area contributed by atoms with E-state index in [0.717, 1.165) is 17.8 Å². The largest absolute Gasteiger partial charge is 0.0654 e. The highest BCUT2D eigenvalue weighted by atomic mass is 14.4. The summed E-state index contributed by atoms with van der Waals surface area (Å²) in [5.41, 5.74) is 0. The third-order valence-electron chi connectivity index (χ3n) is 3.93. The van der Waals surface area contributed by atoms with E-state index in [1.807, 2.05) is 0 Å². The van der Waals surface area contributed by atoms with Crippen LogP contribution in [0.4, 0.5) is 0 Å². The maximum Gasteiger partial charge on any atom is -0.0357 e. The van der Waals surface area contributed by atoms with Gasteiger partial charge in [-0.25, -0.2) is 0 Å². The van der Waals surface area contributed by atoms with Gasteiger partial charge in [-0.1, -0.05) is 52.9 Å². The van der Waals surface area contributed by atoms with Crippen molar-refractivity contribution in [2.24, 2.45) is 17.8 Å². The lowest BCUT2D eigenvalue weighted by Gasteiger charge is -2.42. The van der Waals surface area contributed by atoms with Gasteiger partial charge in [0, 0.05) is 0 Å². The van der Waals surface area contributed by atoms with Crippen molar-refractivity contribution in [1.29, 1.82) is 0 Å². The second kappa shape index (κ2) is 5.67. The molecule has 1 saturated carbocycles. The van der Waals surface area contributed by atoms with Gasteiger partial charge in [0.05, 0.1) is 0 Å². The van der Waals surface area contributed by atoms with E-state index in [0.29, 0.717) is 0 Å². The predicted octanol–water partition coefficient (Wildman–Crippen LogP) is 4.64. The van der Waals surface area contributed by atoms with Crippen molar-refractivity contribution in [1.82, 2.24) is 0 Å². The second-order valence-electron chi connectivity index (χ2n) is 4.75. The van der Waals surface area contributed by atoms with E-state index in [9.17, 15) is 0 Å². The summed E-state index contributed by atoms with van der Waals surface area (Å²) < 4.78 is 0.